The van der Waals surface area contributed by atoms with Crippen LogP contribution in [0.25, 0.3) is 0 Å². The van der Waals surface area contributed by atoms with E-state index in [1.165, 1.54) is 0 Å². The molecule has 3 rings (SSSR count). The summed E-state index contributed by atoms with van der Waals surface area (Å²) in [6.07, 6.45) is 6.89. The average Bonchev–Trinajstić information content (AvgIpc) is 3.46. The Bertz CT molecular complexity index is 983. The Morgan fingerprint density at radius 1 is 1.12 bits per heavy atom. The van der Waals surface area contributed by atoms with E-state index in [1.807, 2.05) is 43.9 Å². The fraction of sp³-hybridized carbons (Fsp3) is 0.700. The second kappa shape index (κ2) is 14.7. The van der Waals surface area contributed by atoms with Crippen molar-refractivity contribution in [1.29, 1.82) is 0 Å². The second-order valence-corrected chi connectivity index (χ2v) is 12.3. The number of methoxy groups -OCH3 is 2. The number of rotatable bonds is 13. The molecule has 1 aliphatic carbocycles. The zero-order chi connectivity index (χ0) is 29.3. The highest BCUT2D eigenvalue weighted by atomic mass is 16.5. The van der Waals surface area contributed by atoms with Crippen molar-refractivity contribution in [1.82, 2.24) is 20.6 Å². The molecule has 0 unspecified atom stereocenters. The van der Waals surface area contributed by atoms with Crippen LogP contribution in [-0.2, 0) is 20.9 Å². The Labute approximate surface area is 238 Å². The summed E-state index contributed by atoms with van der Waals surface area (Å²) in [5.41, 5.74) is 0.536. The van der Waals surface area contributed by atoms with Gasteiger partial charge in [0.25, 0.3) is 0 Å². The minimum atomic E-state index is -0.706. The summed E-state index contributed by atoms with van der Waals surface area (Å²) in [6.45, 7) is 7.61. The van der Waals surface area contributed by atoms with E-state index in [0.29, 0.717) is 43.4 Å². The summed E-state index contributed by atoms with van der Waals surface area (Å²) in [5.74, 6) is 0.963. The Morgan fingerprint density at radius 2 is 1.80 bits per heavy atom. The Balaban J connectivity index is 1.58. The molecule has 3 amide bonds. The fourth-order valence-electron chi connectivity index (χ4n) is 5.83. The highest BCUT2D eigenvalue weighted by Gasteiger charge is 2.38. The first-order valence-electron chi connectivity index (χ1n) is 14.5. The van der Waals surface area contributed by atoms with Crippen molar-refractivity contribution in [3.8, 4) is 11.5 Å². The minimum Gasteiger partial charge on any atom is -0.497 e. The standard InChI is InChI=1S/C30H48N4O6/c1-30(2,3)27(32-28(36)23(19-34(38)20-35)16-21-8-6-7-9-21)29(37)33-14-12-24(13-15-33)31-18-22-10-11-25(39-4)17-26(22)40-5/h10-11,17,20-21,23-24,27,31,38H,6-9,12-16,18-19H2,1-5H3,(H,32,36)/t23-,27-/m0/s1. The van der Waals surface area contributed by atoms with Crippen molar-refractivity contribution >= 4 is 18.2 Å². The van der Waals surface area contributed by atoms with Gasteiger partial charge in [0.05, 0.1) is 26.7 Å². The number of nitrogens with one attached hydrogen (secondary N) is 2. The lowest BCUT2D eigenvalue weighted by Gasteiger charge is -2.39. The largest absolute Gasteiger partial charge is 0.497 e. The molecule has 1 saturated carbocycles. The number of ether oxygens (including phenoxy) is 2. The van der Waals surface area contributed by atoms with E-state index in [-0.39, 0.29) is 24.4 Å². The summed E-state index contributed by atoms with van der Waals surface area (Å²) in [5, 5.41) is 17.0. The molecule has 0 aromatic heterocycles. The zero-order valence-corrected chi connectivity index (χ0v) is 24.8. The molecule has 1 aromatic rings. The van der Waals surface area contributed by atoms with E-state index < -0.39 is 17.4 Å². The number of amides is 3. The number of carbonyl (C=O) groups excluding carboxylic acids is 3. The van der Waals surface area contributed by atoms with Crippen LogP contribution in [0.15, 0.2) is 18.2 Å². The van der Waals surface area contributed by atoms with Gasteiger partial charge in [-0.2, -0.15) is 0 Å². The van der Waals surface area contributed by atoms with Crippen molar-refractivity contribution in [3.63, 3.8) is 0 Å². The highest BCUT2D eigenvalue weighted by Crippen LogP contribution is 2.31. The Morgan fingerprint density at radius 3 is 2.38 bits per heavy atom. The lowest BCUT2D eigenvalue weighted by molar-refractivity contribution is -0.156. The molecule has 1 saturated heterocycles. The third-order valence-corrected chi connectivity index (χ3v) is 8.27. The second-order valence-electron chi connectivity index (χ2n) is 12.3. The fourth-order valence-corrected chi connectivity index (χ4v) is 5.83. The van der Waals surface area contributed by atoms with Crippen molar-refractivity contribution in [2.75, 3.05) is 33.9 Å². The molecule has 224 valence electrons. The predicted molar refractivity (Wildman–Crippen MR) is 152 cm³/mol. The maximum atomic E-state index is 13.7. The van der Waals surface area contributed by atoms with E-state index in [9.17, 15) is 19.6 Å². The van der Waals surface area contributed by atoms with Gasteiger partial charge in [-0.25, -0.2) is 5.06 Å². The van der Waals surface area contributed by atoms with Crippen molar-refractivity contribution in [2.45, 2.75) is 84.3 Å². The molecule has 40 heavy (non-hydrogen) atoms. The molecule has 10 heteroatoms. The highest BCUT2D eigenvalue weighted by molar-refractivity contribution is 5.89. The normalized spacial score (nSPS) is 18.2. The Hall–Kier alpha value is -2.85. The predicted octanol–water partition coefficient (Wildman–Crippen LogP) is 3.36. The number of hydrogen-bond acceptors (Lipinski definition) is 7. The van der Waals surface area contributed by atoms with Gasteiger partial charge in [0.1, 0.15) is 17.5 Å². The van der Waals surface area contributed by atoms with Gasteiger partial charge < -0.3 is 25.0 Å². The molecule has 2 fully saturated rings. The first-order valence-corrected chi connectivity index (χ1v) is 14.5. The van der Waals surface area contributed by atoms with Crippen LogP contribution in [0.2, 0.25) is 0 Å². The molecule has 0 bridgehead atoms. The summed E-state index contributed by atoms with van der Waals surface area (Å²) in [7, 11) is 3.27. The molecule has 0 spiro atoms. The van der Waals surface area contributed by atoms with Gasteiger partial charge in [0.15, 0.2) is 0 Å². The van der Waals surface area contributed by atoms with Crippen LogP contribution in [0.4, 0.5) is 0 Å². The average molecular weight is 561 g/mol. The third-order valence-electron chi connectivity index (χ3n) is 8.27. The van der Waals surface area contributed by atoms with E-state index in [1.54, 1.807) is 14.2 Å². The SMILES string of the molecule is COc1ccc(CNC2CCN(C(=O)[C@H](NC(=O)[C@@H](CC3CCCC3)CN(O)C=O)C(C)(C)C)CC2)c(OC)c1. The van der Waals surface area contributed by atoms with Gasteiger partial charge >= 0.3 is 0 Å². The third kappa shape index (κ3) is 8.83. The van der Waals surface area contributed by atoms with Gasteiger partial charge in [-0.15, -0.1) is 0 Å². The summed E-state index contributed by atoms with van der Waals surface area (Å²) >= 11 is 0. The smallest absolute Gasteiger partial charge is 0.245 e. The van der Waals surface area contributed by atoms with Crippen LogP contribution in [0.5, 0.6) is 11.5 Å². The molecule has 2 atom stereocenters. The molecule has 1 aromatic carbocycles. The van der Waals surface area contributed by atoms with Gasteiger partial charge in [-0.1, -0.05) is 52.5 Å². The number of benzene rings is 1. The van der Waals surface area contributed by atoms with Gasteiger partial charge in [0.2, 0.25) is 18.2 Å². The zero-order valence-electron chi connectivity index (χ0n) is 24.8. The van der Waals surface area contributed by atoms with Crippen LogP contribution >= 0.6 is 0 Å². The van der Waals surface area contributed by atoms with Crippen molar-refractivity contribution in [3.05, 3.63) is 23.8 Å². The maximum absolute atomic E-state index is 13.7. The molecule has 1 heterocycles. The summed E-state index contributed by atoms with van der Waals surface area (Å²) in [4.78, 5) is 40.1. The van der Waals surface area contributed by atoms with E-state index in [4.69, 9.17) is 9.47 Å². The Kier molecular flexibility index (Phi) is 11.6. The van der Waals surface area contributed by atoms with Crippen molar-refractivity contribution in [2.24, 2.45) is 17.3 Å². The molecule has 10 nitrogen and oxygen atoms in total. The number of carbonyl (C=O) groups is 3. The number of hydroxylamine groups is 2. The molecule has 3 N–H and O–H groups in total. The first kappa shape index (κ1) is 31.7. The van der Waals surface area contributed by atoms with Crippen LogP contribution in [-0.4, -0.2) is 79.3 Å². The maximum Gasteiger partial charge on any atom is 0.245 e. The van der Waals surface area contributed by atoms with E-state index >= 15 is 0 Å². The molecule has 0 radical (unpaired) electrons. The van der Waals surface area contributed by atoms with Gasteiger partial charge in [0, 0.05) is 37.3 Å². The van der Waals surface area contributed by atoms with Gasteiger partial charge in [-0.3, -0.25) is 19.6 Å². The van der Waals surface area contributed by atoms with Crippen LogP contribution in [0, 0.1) is 17.3 Å². The van der Waals surface area contributed by atoms with E-state index in [0.717, 1.165) is 55.6 Å². The van der Waals surface area contributed by atoms with Gasteiger partial charge in [-0.05, 0) is 36.7 Å². The lowest BCUT2D eigenvalue weighted by Crippen LogP contribution is -2.58. The minimum absolute atomic E-state index is 0.0765. The lowest BCUT2D eigenvalue weighted by atomic mass is 9.84. The van der Waals surface area contributed by atoms with Crippen LogP contribution in [0.1, 0.15) is 71.3 Å². The molecular weight excluding hydrogens is 512 g/mol. The molecule has 2 aliphatic rings. The van der Waals surface area contributed by atoms with Crippen molar-refractivity contribution < 1.29 is 29.1 Å². The van der Waals surface area contributed by atoms with Crippen LogP contribution < -0.4 is 20.1 Å². The molecule has 1 aliphatic heterocycles. The quantitative estimate of drug-likeness (QED) is 0.192. The monoisotopic (exact) mass is 560 g/mol. The van der Waals surface area contributed by atoms with Crippen LogP contribution in [0.3, 0.4) is 0 Å². The number of likely N-dealkylation sites (tertiary alicyclic amines) is 1. The first-order chi connectivity index (χ1) is 19.0. The molecular formula is C30H48N4O6. The number of piperidine rings is 1. The summed E-state index contributed by atoms with van der Waals surface area (Å²) < 4.78 is 10.8. The number of hydrogen-bond donors (Lipinski definition) is 3. The topological polar surface area (TPSA) is 120 Å². The number of nitrogens with zero attached hydrogens (tertiary/aromatic N) is 2. The summed E-state index contributed by atoms with van der Waals surface area (Å²) in [6, 6.07) is 5.33. The van der Waals surface area contributed by atoms with E-state index in [2.05, 4.69) is 10.6 Å².